The average Bonchev–Trinajstić information content (AvgIpc) is 1.97. The molecule has 5 heteroatoms. The van der Waals surface area contributed by atoms with Crippen LogP contribution in [0.4, 0.5) is 14.5 Å². The Balaban J connectivity index is 3.46. The lowest BCUT2D eigenvalue weighted by Crippen LogP contribution is -1.94. The summed E-state index contributed by atoms with van der Waals surface area (Å²) in [7, 11) is 0. The van der Waals surface area contributed by atoms with Crippen molar-refractivity contribution in [2.75, 3.05) is 5.73 Å². The first kappa shape index (κ1) is 8.93. The van der Waals surface area contributed by atoms with Crippen molar-refractivity contribution in [3.05, 3.63) is 26.6 Å². The van der Waals surface area contributed by atoms with Crippen molar-refractivity contribution >= 4 is 37.5 Å². The SMILES string of the molecule is Nc1c(Br)cc(F)c(F)c1Br. The van der Waals surface area contributed by atoms with Gasteiger partial charge in [0.2, 0.25) is 0 Å². The maximum atomic E-state index is 12.6. The van der Waals surface area contributed by atoms with Crippen LogP contribution in [0, 0.1) is 11.6 Å². The van der Waals surface area contributed by atoms with Crippen LogP contribution < -0.4 is 5.73 Å². The highest BCUT2D eigenvalue weighted by Crippen LogP contribution is 2.31. The molecule has 0 unspecified atom stereocenters. The van der Waals surface area contributed by atoms with Gasteiger partial charge in [-0.05, 0) is 37.9 Å². The van der Waals surface area contributed by atoms with E-state index in [2.05, 4.69) is 31.9 Å². The fourth-order valence-electron chi connectivity index (χ4n) is 0.580. The predicted octanol–water partition coefficient (Wildman–Crippen LogP) is 3.07. The number of benzene rings is 1. The van der Waals surface area contributed by atoms with Crippen molar-refractivity contribution < 1.29 is 8.78 Å². The van der Waals surface area contributed by atoms with Crippen LogP contribution in [0.15, 0.2) is 15.0 Å². The molecule has 0 spiro atoms. The van der Waals surface area contributed by atoms with E-state index in [0.29, 0.717) is 4.47 Å². The predicted molar refractivity (Wildman–Crippen MR) is 46.2 cm³/mol. The lowest BCUT2D eigenvalue weighted by molar-refractivity contribution is 0.504. The van der Waals surface area contributed by atoms with Gasteiger partial charge in [0.05, 0.1) is 10.2 Å². The van der Waals surface area contributed by atoms with Gasteiger partial charge in [-0.25, -0.2) is 8.78 Å². The molecule has 1 aromatic carbocycles. The Kier molecular flexibility index (Phi) is 2.49. The third kappa shape index (κ3) is 1.54. The zero-order chi connectivity index (χ0) is 8.59. The number of rotatable bonds is 0. The monoisotopic (exact) mass is 285 g/mol. The van der Waals surface area contributed by atoms with Gasteiger partial charge in [0.25, 0.3) is 0 Å². The molecule has 0 fully saturated rings. The normalized spacial score (nSPS) is 10.2. The molecule has 0 heterocycles. The second kappa shape index (κ2) is 3.06. The zero-order valence-electron chi connectivity index (χ0n) is 5.17. The lowest BCUT2D eigenvalue weighted by atomic mass is 10.3. The Hall–Kier alpha value is -0.160. The Labute approximate surface area is 78.8 Å². The summed E-state index contributed by atoms with van der Waals surface area (Å²) in [5, 5.41) is 0. The van der Waals surface area contributed by atoms with Crippen LogP contribution in [0.3, 0.4) is 0 Å². The molecular weight excluding hydrogens is 284 g/mol. The Morgan fingerprint density at radius 3 is 2.36 bits per heavy atom. The second-order valence-electron chi connectivity index (χ2n) is 1.88. The first-order valence-electron chi connectivity index (χ1n) is 2.62. The van der Waals surface area contributed by atoms with Crippen LogP contribution in [-0.4, -0.2) is 0 Å². The zero-order valence-corrected chi connectivity index (χ0v) is 8.34. The van der Waals surface area contributed by atoms with Crippen LogP contribution in [-0.2, 0) is 0 Å². The molecule has 1 aromatic rings. The molecular formula is C6H3Br2F2N. The van der Waals surface area contributed by atoms with Gasteiger partial charge >= 0.3 is 0 Å². The summed E-state index contributed by atoms with van der Waals surface area (Å²) in [5.41, 5.74) is 5.51. The molecule has 1 nitrogen and oxygen atoms in total. The van der Waals surface area contributed by atoms with Gasteiger partial charge in [0.15, 0.2) is 11.6 Å². The summed E-state index contributed by atoms with van der Waals surface area (Å²) in [4.78, 5) is 0. The number of anilines is 1. The molecule has 0 atom stereocenters. The molecule has 0 bridgehead atoms. The van der Waals surface area contributed by atoms with Crippen LogP contribution in [0.2, 0.25) is 0 Å². The van der Waals surface area contributed by atoms with E-state index in [0.717, 1.165) is 6.07 Å². The summed E-state index contributed by atoms with van der Waals surface area (Å²) >= 11 is 5.78. The van der Waals surface area contributed by atoms with E-state index < -0.39 is 11.6 Å². The van der Waals surface area contributed by atoms with Gasteiger partial charge < -0.3 is 5.73 Å². The number of halogens is 4. The van der Waals surface area contributed by atoms with E-state index in [-0.39, 0.29) is 10.2 Å². The lowest BCUT2D eigenvalue weighted by Gasteiger charge is -2.02. The molecule has 0 aliphatic heterocycles. The Bertz CT molecular complexity index is 275. The minimum absolute atomic E-state index is 0.0515. The highest BCUT2D eigenvalue weighted by atomic mass is 79.9. The largest absolute Gasteiger partial charge is 0.397 e. The smallest absolute Gasteiger partial charge is 0.175 e. The van der Waals surface area contributed by atoms with E-state index in [1.807, 2.05) is 0 Å². The standard InChI is InChI=1S/C6H3Br2F2N/c7-2-1-3(9)5(10)4(8)6(2)11/h1H,11H2. The fourth-order valence-corrected chi connectivity index (χ4v) is 1.65. The van der Waals surface area contributed by atoms with E-state index in [4.69, 9.17) is 5.73 Å². The third-order valence-electron chi connectivity index (χ3n) is 1.15. The summed E-state index contributed by atoms with van der Waals surface area (Å²) in [6, 6.07) is 0.982. The highest BCUT2D eigenvalue weighted by molar-refractivity contribution is 9.11. The molecule has 0 radical (unpaired) electrons. The minimum atomic E-state index is -0.967. The van der Waals surface area contributed by atoms with Crippen LogP contribution >= 0.6 is 31.9 Å². The molecule has 0 aliphatic rings. The van der Waals surface area contributed by atoms with Crippen molar-refractivity contribution in [2.24, 2.45) is 0 Å². The van der Waals surface area contributed by atoms with Crippen LogP contribution in [0.25, 0.3) is 0 Å². The van der Waals surface area contributed by atoms with E-state index in [1.165, 1.54) is 0 Å². The Morgan fingerprint density at radius 1 is 1.27 bits per heavy atom. The van der Waals surface area contributed by atoms with Crippen molar-refractivity contribution in [2.45, 2.75) is 0 Å². The van der Waals surface area contributed by atoms with Gasteiger partial charge in [0, 0.05) is 4.47 Å². The minimum Gasteiger partial charge on any atom is -0.397 e. The van der Waals surface area contributed by atoms with Crippen molar-refractivity contribution in [3.8, 4) is 0 Å². The fraction of sp³-hybridized carbons (Fsp3) is 0. The van der Waals surface area contributed by atoms with E-state index >= 15 is 0 Å². The summed E-state index contributed by atoms with van der Waals surface area (Å²) < 4.78 is 25.5. The van der Waals surface area contributed by atoms with E-state index in [9.17, 15) is 8.78 Å². The molecule has 0 amide bonds. The summed E-state index contributed by atoms with van der Waals surface area (Å²) in [6.45, 7) is 0. The maximum absolute atomic E-state index is 12.6. The van der Waals surface area contributed by atoms with Crippen molar-refractivity contribution in [3.63, 3.8) is 0 Å². The first-order valence-corrected chi connectivity index (χ1v) is 4.21. The second-order valence-corrected chi connectivity index (χ2v) is 3.53. The van der Waals surface area contributed by atoms with Gasteiger partial charge in [-0.3, -0.25) is 0 Å². The Morgan fingerprint density at radius 2 is 1.82 bits per heavy atom. The average molecular weight is 287 g/mol. The summed E-state index contributed by atoms with van der Waals surface area (Å²) in [5.74, 6) is -1.90. The number of nitrogens with two attached hydrogens (primary N) is 1. The van der Waals surface area contributed by atoms with Crippen LogP contribution in [0.5, 0.6) is 0 Å². The first-order chi connectivity index (χ1) is 5.04. The maximum Gasteiger partial charge on any atom is 0.175 e. The van der Waals surface area contributed by atoms with Gasteiger partial charge in [-0.2, -0.15) is 0 Å². The molecule has 2 N–H and O–H groups in total. The van der Waals surface area contributed by atoms with Gasteiger partial charge in [0.1, 0.15) is 0 Å². The van der Waals surface area contributed by atoms with Crippen molar-refractivity contribution in [1.82, 2.24) is 0 Å². The topological polar surface area (TPSA) is 26.0 Å². The van der Waals surface area contributed by atoms with Gasteiger partial charge in [-0.1, -0.05) is 0 Å². The molecule has 0 aliphatic carbocycles. The quantitative estimate of drug-likeness (QED) is 0.443. The molecule has 0 aromatic heterocycles. The number of hydrogen-bond donors (Lipinski definition) is 1. The third-order valence-corrected chi connectivity index (χ3v) is 2.58. The van der Waals surface area contributed by atoms with Crippen molar-refractivity contribution in [1.29, 1.82) is 0 Å². The van der Waals surface area contributed by atoms with Gasteiger partial charge in [-0.15, -0.1) is 0 Å². The van der Waals surface area contributed by atoms with E-state index in [1.54, 1.807) is 0 Å². The molecule has 60 valence electrons. The van der Waals surface area contributed by atoms with Crippen LogP contribution in [0.1, 0.15) is 0 Å². The molecule has 11 heavy (non-hydrogen) atoms. The highest BCUT2D eigenvalue weighted by Gasteiger charge is 2.12. The molecule has 0 saturated carbocycles. The number of nitrogen functional groups attached to an aromatic ring is 1. The molecule has 1 rings (SSSR count). The summed E-state index contributed by atoms with van der Waals surface area (Å²) in [6.07, 6.45) is 0. The molecule has 0 saturated heterocycles. The number of hydrogen-bond acceptors (Lipinski definition) is 1.